The first-order chi connectivity index (χ1) is 11.2. The van der Waals surface area contributed by atoms with Crippen molar-refractivity contribution in [3.05, 3.63) is 34.9 Å². The summed E-state index contributed by atoms with van der Waals surface area (Å²) in [4.78, 5) is 6.52. The number of ether oxygens (including phenoxy) is 1. The third kappa shape index (κ3) is 9.43. The van der Waals surface area contributed by atoms with E-state index in [1.54, 1.807) is 14.2 Å². The summed E-state index contributed by atoms with van der Waals surface area (Å²) in [6, 6.07) is 7.94. The Bertz CT molecular complexity index is 468. The Balaban J connectivity index is 2.17. The highest BCUT2D eigenvalue weighted by Crippen LogP contribution is 2.10. The summed E-state index contributed by atoms with van der Waals surface area (Å²) in [5.74, 6) is 0.831. The molecule has 0 amide bonds. The van der Waals surface area contributed by atoms with Gasteiger partial charge < -0.3 is 20.3 Å². The van der Waals surface area contributed by atoms with Crippen molar-refractivity contribution in [3.63, 3.8) is 0 Å². The highest BCUT2D eigenvalue weighted by atomic mass is 35.5. The van der Waals surface area contributed by atoms with Gasteiger partial charge in [0, 0.05) is 52.0 Å². The summed E-state index contributed by atoms with van der Waals surface area (Å²) < 4.78 is 5.06. The van der Waals surface area contributed by atoms with Gasteiger partial charge in [0.1, 0.15) is 0 Å². The lowest BCUT2D eigenvalue weighted by molar-refractivity contribution is 0.180. The van der Waals surface area contributed by atoms with Crippen LogP contribution in [0.4, 0.5) is 0 Å². The number of hydrogen-bond donors (Lipinski definition) is 2. The van der Waals surface area contributed by atoms with Gasteiger partial charge in [-0.25, -0.2) is 0 Å². The van der Waals surface area contributed by atoms with Crippen molar-refractivity contribution >= 4 is 17.6 Å². The van der Waals surface area contributed by atoms with E-state index in [-0.39, 0.29) is 0 Å². The number of likely N-dealkylation sites (N-methyl/N-ethyl adjacent to an activating group) is 1. The highest BCUT2D eigenvalue weighted by molar-refractivity contribution is 6.30. The lowest BCUT2D eigenvalue weighted by Gasteiger charge is -2.18. The summed E-state index contributed by atoms with van der Waals surface area (Å²) in [6.45, 7) is 4.50. The van der Waals surface area contributed by atoms with E-state index in [9.17, 15) is 0 Å². The van der Waals surface area contributed by atoms with Crippen LogP contribution in [0.15, 0.2) is 29.3 Å². The molecule has 5 nitrogen and oxygen atoms in total. The average molecular weight is 341 g/mol. The normalized spacial score (nSPS) is 11.8. The molecule has 0 aliphatic heterocycles. The molecule has 0 heterocycles. The van der Waals surface area contributed by atoms with E-state index < -0.39 is 0 Å². The molecule has 0 atom stereocenters. The van der Waals surface area contributed by atoms with Gasteiger partial charge in [0.15, 0.2) is 5.96 Å². The molecule has 1 aromatic carbocycles. The molecule has 0 fully saturated rings. The van der Waals surface area contributed by atoms with Crippen LogP contribution in [0.3, 0.4) is 0 Å². The second kappa shape index (κ2) is 12.2. The smallest absolute Gasteiger partial charge is 0.191 e. The molecule has 0 unspecified atom stereocenters. The van der Waals surface area contributed by atoms with Gasteiger partial charge in [0.2, 0.25) is 0 Å². The van der Waals surface area contributed by atoms with Gasteiger partial charge in [-0.05, 0) is 37.6 Å². The zero-order chi connectivity index (χ0) is 16.9. The molecule has 6 heteroatoms. The lowest BCUT2D eigenvalue weighted by atomic mass is 10.1. The number of methoxy groups -OCH3 is 1. The van der Waals surface area contributed by atoms with E-state index in [4.69, 9.17) is 16.3 Å². The Morgan fingerprint density at radius 2 is 2.04 bits per heavy atom. The van der Waals surface area contributed by atoms with E-state index >= 15 is 0 Å². The number of benzene rings is 1. The van der Waals surface area contributed by atoms with Crippen molar-refractivity contribution < 1.29 is 4.74 Å². The molecule has 130 valence electrons. The molecular weight excluding hydrogens is 312 g/mol. The quantitative estimate of drug-likeness (QED) is 0.388. The van der Waals surface area contributed by atoms with Crippen molar-refractivity contribution in [3.8, 4) is 0 Å². The third-order valence-electron chi connectivity index (χ3n) is 3.49. The van der Waals surface area contributed by atoms with E-state index in [2.05, 4.69) is 33.6 Å². The predicted octanol–water partition coefficient (Wildman–Crippen LogP) is 2.02. The second-order valence-electron chi connectivity index (χ2n) is 5.46. The van der Waals surface area contributed by atoms with Crippen molar-refractivity contribution in [2.45, 2.75) is 12.8 Å². The fraction of sp³-hybridized carbons (Fsp3) is 0.588. The molecular formula is C17H29ClN4O. The summed E-state index contributed by atoms with van der Waals surface area (Å²) in [7, 11) is 5.64. The van der Waals surface area contributed by atoms with Gasteiger partial charge in [0.25, 0.3) is 0 Å². The maximum absolute atomic E-state index is 5.99. The van der Waals surface area contributed by atoms with Crippen LogP contribution >= 0.6 is 11.6 Å². The Morgan fingerprint density at radius 3 is 2.74 bits per heavy atom. The van der Waals surface area contributed by atoms with Crippen LogP contribution < -0.4 is 10.6 Å². The number of rotatable bonds is 10. The molecule has 0 spiro atoms. The highest BCUT2D eigenvalue weighted by Gasteiger charge is 2.01. The van der Waals surface area contributed by atoms with Gasteiger partial charge in [0.05, 0.1) is 0 Å². The Kier molecular flexibility index (Phi) is 10.4. The zero-order valence-corrected chi connectivity index (χ0v) is 15.2. The fourth-order valence-electron chi connectivity index (χ4n) is 2.19. The van der Waals surface area contributed by atoms with E-state index in [0.717, 1.165) is 56.6 Å². The van der Waals surface area contributed by atoms with Gasteiger partial charge in [-0.15, -0.1) is 0 Å². The maximum atomic E-state index is 5.99. The van der Waals surface area contributed by atoms with Crippen molar-refractivity contribution in [1.82, 2.24) is 15.5 Å². The molecule has 0 saturated carbocycles. The number of aliphatic imine (C=N–C) groups is 1. The van der Waals surface area contributed by atoms with E-state index in [1.807, 2.05) is 18.2 Å². The molecule has 2 N–H and O–H groups in total. The van der Waals surface area contributed by atoms with Crippen LogP contribution in [-0.2, 0) is 11.2 Å². The summed E-state index contributed by atoms with van der Waals surface area (Å²) in [5.41, 5.74) is 1.22. The number of hydrogen-bond acceptors (Lipinski definition) is 3. The molecule has 0 bridgehead atoms. The van der Waals surface area contributed by atoms with Gasteiger partial charge in [-0.3, -0.25) is 4.99 Å². The standard InChI is InChI=1S/C17H29ClN4O/c1-19-17(21-10-12-22(2)11-5-13-23-3)20-9-8-15-6-4-7-16(18)14-15/h4,6-7,14H,5,8-13H2,1-3H3,(H2,19,20,21). The molecule has 0 aromatic heterocycles. The number of guanidine groups is 1. The number of nitrogens with zero attached hydrogens (tertiary/aromatic N) is 2. The number of halogens is 1. The zero-order valence-electron chi connectivity index (χ0n) is 14.4. The van der Waals surface area contributed by atoms with Crippen molar-refractivity contribution in [2.24, 2.45) is 4.99 Å². The predicted molar refractivity (Wildman–Crippen MR) is 98.5 cm³/mol. The minimum Gasteiger partial charge on any atom is -0.385 e. The molecule has 0 aliphatic carbocycles. The molecule has 0 saturated heterocycles. The second-order valence-corrected chi connectivity index (χ2v) is 5.89. The lowest BCUT2D eigenvalue weighted by Crippen LogP contribution is -2.41. The molecule has 1 rings (SSSR count). The SMILES string of the molecule is CN=C(NCCc1cccc(Cl)c1)NCCN(C)CCCOC. The van der Waals surface area contributed by atoms with Gasteiger partial charge >= 0.3 is 0 Å². The van der Waals surface area contributed by atoms with Crippen LogP contribution in [0.2, 0.25) is 5.02 Å². The molecule has 0 aliphatic rings. The monoisotopic (exact) mass is 340 g/mol. The first kappa shape index (κ1) is 19.7. The average Bonchev–Trinajstić information content (AvgIpc) is 2.53. The van der Waals surface area contributed by atoms with Crippen LogP contribution in [0.25, 0.3) is 0 Å². The molecule has 1 aromatic rings. The third-order valence-corrected chi connectivity index (χ3v) is 3.73. The Labute approximate surface area is 145 Å². The van der Waals surface area contributed by atoms with Crippen LogP contribution in [0, 0.1) is 0 Å². The molecule has 23 heavy (non-hydrogen) atoms. The maximum Gasteiger partial charge on any atom is 0.191 e. The Hall–Kier alpha value is -1.30. The summed E-state index contributed by atoms with van der Waals surface area (Å²) in [5, 5.41) is 7.43. The summed E-state index contributed by atoms with van der Waals surface area (Å²) >= 11 is 5.99. The van der Waals surface area contributed by atoms with Gasteiger partial charge in [-0.2, -0.15) is 0 Å². The van der Waals surface area contributed by atoms with E-state index in [0.29, 0.717) is 0 Å². The van der Waals surface area contributed by atoms with Crippen LogP contribution in [0.5, 0.6) is 0 Å². The Morgan fingerprint density at radius 1 is 1.26 bits per heavy atom. The topological polar surface area (TPSA) is 48.9 Å². The summed E-state index contributed by atoms with van der Waals surface area (Å²) in [6.07, 6.45) is 1.97. The van der Waals surface area contributed by atoms with Crippen LogP contribution in [-0.4, -0.2) is 64.9 Å². The van der Waals surface area contributed by atoms with Gasteiger partial charge in [-0.1, -0.05) is 23.7 Å². The van der Waals surface area contributed by atoms with Crippen molar-refractivity contribution in [2.75, 3.05) is 54.0 Å². The van der Waals surface area contributed by atoms with Crippen molar-refractivity contribution in [1.29, 1.82) is 0 Å². The number of nitrogens with one attached hydrogen (secondary N) is 2. The largest absolute Gasteiger partial charge is 0.385 e. The first-order valence-electron chi connectivity index (χ1n) is 8.02. The fourth-order valence-corrected chi connectivity index (χ4v) is 2.41. The minimum atomic E-state index is 0.779. The first-order valence-corrected chi connectivity index (χ1v) is 8.40. The van der Waals surface area contributed by atoms with Crippen LogP contribution in [0.1, 0.15) is 12.0 Å². The molecule has 0 radical (unpaired) electrons. The minimum absolute atomic E-state index is 0.779. The van der Waals surface area contributed by atoms with E-state index in [1.165, 1.54) is 5.56 Å².